The minimum Gasteiger partial charge on any atom is -0.339 e. The highest BCUT2D eigenvalue weighted by Gasteiger charge is 2.16. The number of hydrogen-bond acceptors (Lipinski definition) is 3. The smallest absolute Gasteiger partial charge is 0.222 e. The molecule has 100 valence electrons. The predicted molar refractivity (Wildman–Crippen MR) is 71.0 cm³/mol. The minimum atomic E-state index is -3.17. The molecule has 1 aromatic rings. The van der Waals surface area contributed by atoms with Crippen LogP contribution in [0.15, 0.2) is 29.2 Å². The van der Waals surface area contributed by atoms with Crippen LogP contribution in [0.5, 0.6) is 0 Å². The topological polar surface area (TPSA) is 54.5 Å². The highest BCUT2D eigenvalue weighted by atomic mass is 32.2. The van der Waals surface area contributed by atoms with Crippen molar-refractivity contribution in [3.63, 3.8) is 0 Å². The van der Waals surface area contributed by atoms with Crippen LogP contribution in [-0.2, 0) is 14.6 Å². The van der Waals surface area contributed by atoms with Gasteiger partial charge < -0.3 is 4.90 Å². The van der Waals surface area contributed by atoms with Crippen LogP contribution in [0.4, 0.5) is 0 Å². The fourth-order valence-electron chi connectivity index (χ4n) is 1.68. The first kappa shape index (κ1) is 14.7. The van der Waals surface area contributed by atoms with Crippen molar-refractivity contribution in [3.05, 3.63) is 29.8 Å². The summed E-state index contributed by atoms with van der Waals surface area (Å²) in [6.45, 7) is 3.74. The summed E-state index contributed by atoms with van der Waals surface area (Å²) < 4.78 is 22.7. The van der Waals surface area contributed by atoms with Crippen LogP contribution in [0.3, 0.4) is 0 Å². The van der Waals surface area contributed by atoms with Crippen molar-refractivity contribution >= 4 is 15.7 Å². The van der Waals surface area contributed by atoms with Gasteiger partial charge in [-0.3, -0.25) is 4.79 Å². The summed E-state index contributed by atoms with van der Waals surface area (Å²) in [6, 6.07) is 6.59. The second kappa shape index (κ2) is 5.52. The average Bonchev–Trinajstić information content (AvgIpc) is 2.35. The maximum absolute atomic E-state index is 11.6. The van der Waals surface area contributed by atoms with Crippen molar-refractivity contribution in [3.8, 4) is 0 Å². The van der Waals surface area contributed by atoms with Crippen molar-refractivity contribution in [1.82, 2.24) is 4.90 Å². The molecule has 0 spiro atoms. The van der Waals surface area contributed by atoms with Crippen molar-refractivity contribution in [2.24, 2.45) is 0 Å². The number of carbonyl (C=O) groups excluding carboxylic acids is 1. The number of rotatable bonds is 4. The van der Waals surface area contributed by atoms with Gasteiger partial charge in [-0.1, -0.05) is 19.1 Å². The van der Waals surface area contributed by atoms with Crippen LogP contribution in [0.25, 0.3) is 0 Å². The molecule has 4 nitrogen and oxygen atoms in total. The maximum atomic E-state index is 11.6. The Morgan fingerprint density at radius 3 is 2.17 bits per heavy atom. The molecule has 0 radical (unpaired) electrons. The van der Waals surface area contributed by atoms with Crippen LogP contribution in [0.1, 0.15) is 31.9 Å². The molecule has 18 heavy (non-hydrogen) atoms. The molecule has 0 aliphatic heterocycles. The van der Waals surface area contributed by atoms with E-state index < -0.39 is 9.84 Å². The van der Waals surface area contributed by atoms with E-state index in [2.05, 4.69) is 0 Å². The highest BCUT2D eigenvalue weighted by Crippen LogP contribution is 2.21. The molecule has 0 aromatic heterocycles. The number of hydrogen-bond donors (Lipinski definition) is 0. The average molecular weight is 269 g/mol. The minimum absolute atomic E-state index is 0.0638. The Labute approximate surface area is 109 Å². The predicted octanol–water partition coefficient (Wildman–Crippen LogP) is 2.02. The van der Waals surface area contributed by atoms with E-state index in [-0.39, 0.29) is 11.9 Å². The molecule has 0 saturated carbocycles. The second-order valence-electron chi connectivity index (χ2n) is 4.38. The fourth-order valence-corrected chi connectivity index (χ4v) is 2.31. The SMILES string of the molecule is CCC(=O)N(C)[C@H](C)c1ccc(S(C)(=O)=O)cc1. The van der Waals surface area contributed by atoms with Gasteiger partial charge in [-0.2, -0.15) is 0 Å². The van der Waals surface area contributed by atoms with Gasteiger partial charge in [-0.05, 0) is 24.6 Å². The van der Waals surface area contributed by atoms with Gasteiger partial charge in [0.25, 0.3) is 0 Å². The van der Waals surface area contributed by atoms with Gasteiger partial charge >= 0.3 is 0 Å². The van der Waals surface area contributed by atoms with Crippen molar-refractivity contribution < 1.29 is 13.2 Å². The first-order chi connectivity index (χ1) is 8.27. The van der Waals surface area contributed by atoms with Gasteiger partial charge in [0.15, 0.2) is 9.84 Å². The summed E-state index contributed by atoms with van der Waals surface area (Å²) in [5, 5.41) is 0. The lowest BCUT2D eigenvalue weighted by Crippen LogP contribution is -2.28. The molecular formula is C13H19NO3S. The van der Waals surface area contributed by atoms with E-state index >= 15 is 0 Å². The molecule has 5 heteroatoms. The standard InChI is InChI=1S/C13H19NO3S/c1-5-13(15)14(3)10(2)11-6-8-12(9-7-11)18(4,16)17/h6-10H,5H2,1-4H3/t10-/m1/s1. The van der Waals surface area contributed by atoms with Gasteiger partial charge in [0.1, 0.15) is 0 Å². The maximum Gasteiger partial charge on any atom is 0.222 e. The normalized spacial score (nSPS) is 13.1. The Kier molecular flexibility index (Phi) is 4.51. The largest absolute Gasteiger partial charge is 0.339 e. The van der Waals surface area contributed by atoms with Crippen LogP contribution in [0, 0.1) is 0 Å². The van der Waals surface area contributed by atoms with Crippen LogP contribution >= 0.6 is 0 Å². The van der Waals surface area contributed by atoms with Gasteiger partial charge in [0.2, 0.25) is 5.91 Å². The molecule has 1 atom stereocenters. The summed E-state index contributed by atoms with van der Waals surface area (Å²) in [5.74, 6) is 0.0645. The zero-order valence-electron chi connectivity index (χ0n) is 11.2. The molecule has 1 aromatic carbocycles. The van der Waals surface area contributed by atoms with E-state index in [1.54, 1.807) is 36.2 Å². The highest BCUT2D eigenvalue weighted by molar-refractivity contribution is 7.90. The van der Waals surface area contributed by atoms with Crippen molar-refractivity contribution in [2.45, 2.75) is 31.2 Å². The Hall–Kier alpha value is -1.36. The van der Waals surface area contributed by atoms with Gasteiger partial charge in [-0.25, -0.2) is 8.42 Å². The van der Waals surface area contributed by atoms with Crippen molar-refractivity contribution in [2.75, 3.05) is 13.3 Å². The lowest BCUT2D eigenvalue weighted by atomic mass is 10.1. The Bertz CT molecular complexity index is 520. The Morgan fingerprint density at radius 1 is 1.28 bits per heavy atom. The second-order valence-corrected chi connectivity index (χ2v) is 6.39. The van der Waals surface area contributed by atoms with Gasteiger partial charge in [-0.15, -0.1) is 0 Å². The fraction of sp³-hybridized carbons (Fsp3) is 0.462. The number of nitrogens with zero attached hydrogens (tertiary/aromatic N) is 1. The van der Waals surface area contributed by atoms with E-state index in [0.717, 1.165) is 5.56 Å². The number of benzene rings is 1. The molecule has 0 saturated heterocycles. The molecule has 0 N–H and O–H groups in total. The van der Waals surface area contributed by atoms with Gasteiger partial charge in [0.05, 0.1) is 10.9 Å². The van der Waals surface area contributed by atoms with Crippen molar-refractivity contribution in [1.29, 1.82) is 0 Å². The van der Waals surface area contributed by atoms with E-state index in [1.165, 1.54) is 6.26 Å². The molecule has 0 unspecified atom stereocenters. The molecule has 0 fully saturated rings. The molecular weight excluding hydrogens is 250 g/mol. The molecule has 0 aliphatic rings. The first-order valence-electron chi connectivity index (χ1n) is 5.83. The zero-order chi connectivity index (χ0) is 13.9. The van der Waals surface area contributed by atoms with Crippen LogP contribution in [0.2, 0.25) is 0 Å². The van der Waals surface area contributed by atoms with Gasteiger partial charge in [0, 0.05) is 19.7 Å². The number of carbonyl (C=O) groups is 1. The Morgan fingerprint density at radius 2 is 1.78 bits per heavy atom. The third kappa shape index (κ3) is 3.32. The molecule has 0 heterocycles. The summed E-state index contributed by atoms with van der Waals surface area (Å²) in [5.41, 5.74) is 0.923. The van der Waals surface area contributed by atoms with E-state index in [4.69, 9.17) is 0 Å². The molecule has 1 rings (SSSR count). The van der Waals surface area contributed by atoms with E-state index in [9.17, 15) is 13.2 Å². The molecule has 1 amide bonds. The quantitative estimate of drug-likeness (QED) is 0.840. The third-order valence-corrected chi connectivity index (χ3v) is 4.20. The monoisotopic (exact) mass is 269 g/mol. The van der Waals surface area contributed by atoms with Crippen LogP contribution < -0.4 is 0 Å². The first-order valence-corrected chi connectivity index (χ1v) is 7.72. The Balaban J connectivity index is 2.95. The number of amides is 1. The van der Waals surface area contributed by atoms with E-state index in [0.29, 0.717) is 11.3 Å². The lowest BCUT2D eigenvalue weighted by molar-refractivity contribution is -0.131. The summed E-state index contributed by atoms with van der Waals surface area (Å²) in [7, 11) is -1.42. The lowest BCUT2D eigenvalue weighted by Gasteiger charge is -2.25. The summed E-state index contributed by atoms with van der Waals surface area (Å²) >= 11 is 0. The number of sulfone groups is 1. The molecule has 0 bridgehead atoms. The summed E-state index contributed by atoms with van der Waals surface area (Å²) in [4.78, 5) is 13.5. The summed E-state index contributed by atoms with van der Waals surface area (Å²) in [6.07, 6.45) is 1.64. The molecule has 0 aliphatic carbocycles. The zero-order valence-corrected chi connectivity index (χ0v) is 12.0. The van der Waals surface area contributed by atoms with Crippen LogP contribution in [-0.4, -0.2) is 32.5 Å². The van der Waals surface area contributed by atoms with E-state index in [1.807, 2.05) is 13.8 Å². The third-order valence-electron chi connectivity index (χ3n) is 3.07.